The van der Waals surface area contributed by atoms with Crippen molar-refractivity contribution in [1.29, 1.82) is 0 Å². The van der Waals surface area contributed by atoms with Crippen LogP contribution in [-0.4, -0.2) is 22.6 Å². The fourth-order valence-corrected chi connectivity index (χ4v) is 1.38. The summed E-state index contributed by atoms with van der Waals surface area (Å²) in [5, 5.41) is 10.3. The molecule has 6 heteroatoms. The largest absolute Gasteiger partial charge is 0.419 e. The van der Waals surface area contributed by atoms with Crippen molar-refractivity contribution >= 4 is 5.91 Å². The first-order valence-corrected chi connectivity index (χ1v) is 5.55. The maximum absolute atomic E-state index is 11.0. The molecular weight excluding hydrogens is 232 g/mol. The van der Waals surface area contributed by atoms with Crippen molar-refractivity contribution in [2.45, 2.75) is 13.5 Å². The third-order valence-corrected chi connectivity index (χ3v) is 2.39. The van der Waals surface area contributed by atoms with Crippen LogP contribution in [0.1, 0.15) is 11.5 Å². The maximum Gasteiger partial charge on any atom is 0.247 e. The number of aromatic nitrogens is 2. The molecule has 1 amide bonds. The highest BCUT2D eigenvalue weighted by Gasteiger charge is 2.08. The molecule has 3 N–H and O–H groups in total. The van der Waals surface area contributed by atoms with Crippen LogP contribution in [0.5, 0.6) is 0 Å². The van der Waals surface area contributed by atoms with Crippen molar-refractivity contribution in [3.63, 3.8) is 0 Å². The number of benzene rings is 1. The molecule has 0 saturated carbocycles. The van der Waals surface area contributed by atoms with E-state index in [0.717, 1.165) is 11.1 Å². The molecule has 0 fully saturated rings. The van der Waals surface area contributed by atoms with Crippen LogP contribution < -0.4 is 11.1 Å². The fourth-order valence-electron chi connectivity index (χ4n) is 1.38. The summed E-state index contributed by atoms with van der Waals surface area (Å²) in [7, 11) is 0. The van der Waals surface area contributed by atoms with Crippen molar-refractivity contribution in [1.82, 2.24) is 15.5 Å². The molecule has 0 bridgehead atoms. The molecule has 0 aliphatic rings. The van der Waals surface area contributed by atoms with Crippen LogP contribution in [0.4, 0.5) is 0 Å². The maximum atomic E-state index is 11.0. The highest BCUT2D eigenvalue weighted by molar-refractivity contribution is 5.77. The van der Waals surface area contributed by atoms with Crippen molar-refractivity contribution in [2.75, 3.05) is 6.54 Å². The minimum Gasteiger partial charge on any atom is -0.419 e. The molecule has 18 heavy (non-hydrogen) atoms. The van der Waals surface area contributed by atoms with Crippen LogP contribution in [0.3, 0.4) is 0 Å². The molecule has 0 aliphatic carbocycles. The lowest BCUT2D eigenvalue weighted by molar-refractivity contribution is -0.120. The Hall–Kier alpha value is -2.21. The predicted molar refractivity (Wildman–Crippen MR) is 65.4 cm³/mol. The normalized spacial score (nSPS) is 10.3. The number of nitrogens with two attached hydrogens (primary N) is 1. The van der Waals surface area contributed by atoms with Crippen molar-refractivity contribution in [3.8, 4) is 11.5 Å². The van der Waals surface area contributed by atoms with Crippen LogP contribution in [0, 0.1) is 6.92 Å². The topological polar surface area (TPSA) is 94.0 Å². The van der Waals surface area contributed by atoms with Gasteiger partial charge in [0.15, 0.2) is 0 Å². The first-order chi connectivity index (χ1) is 8.69. The van der Waals surface area contributed by atoms with Gasteiger partial charge in [0.05, 0.1) is 13.1 Å². The number of amides is 1. The lowest BCUT2D eigenvalue weighted by Crippen LogP contribution is -2.29. The fraction of sp³-hybridized carbons (Fsp3) is 0.250. The monoisotopic (exact) mass is 246 g/mol. The van der Waals surface area contributed by atoms with Crippen molar-refractivity contribution in [3.05, 3.63) is 35.7 Å². The Bertz CT molecular complexity index is 533. The van der Waals surface area contributed by atoms with Gasteiger partial charge < -0.3 is 15.5 Å². The van der Waals surface area contributed by atoms with Gasteiger partial charge in [-0.25, -0.2) is 0 Å². The van der Waals surface area contributed by atoms with E-state index >= 15 is 0 Å². The highest BCUT2D eigenvalue weighted by atomic mass is 16.4. The van der Waals surface area contributed by atoms with Crippen LogP contribution in [0.25, 0.3) is 11.5 Å². The number of hydrogen-bond acceptors (Lipinski definition) is 5. The molecule has 2 rings (SSSR count). The van der Waals surface area contributed by atoms with Crippen LogP contribution in [0.15, 0.2) is 28.7 Å². The molecule has 1 aromatic heterocycles. The van der Waals surface area contributed by atoms with Gasteiger partial charge in [-0.1, -0.05) is 17.7 Å². The molecule has 0 aliphatic heterocycles. The Morgan fingerprint density at radius 2 is 2.06 bits per heavy atom. The number of nitrogens with one attached hydrogen (secondary N) is 1. The molecular formula is C12H14N4O2. The van der Waals surface area contributed by atoms with Crippen LogP contribution >= 0.6 is 0 Å². The second kappa shape index (κ2) is 5.42. The van der Waals surface area contributed by atoms with Crippen molar-refractivity contribution in [2.24, 2.45) is 5.73 Å². The van der Waals surface area contributed by atoms with E-state index in [-0.39, 0.29) is 19.0 Å². The molecule has 0 radical (unpaired) electrons. The van der Waals surface area contributed by atoms with Crippen molar-refractivity contribution < 1.29 is 9.21 Å². The molecule has 0 atom stereocenters. The Balaban J connectivity index is 2.06. The summed E-state index contributed by atoms with van der Waals surface area (Å²) in [5.74, 6) is 0.532. The minimum atomic E-state index is -0.259. The lowest BCUT2D eigenvalue weighted by Gasteiger charge is -1.98. The highest BCUT2D eigenvalue weighted by Crippen LogP contribution is 2.17. The molecule has 6 nitrogen and oxygen atoms in total. The Morgan fingerprint density at radius 3 is 2.72 bits per heavy atom. The van der Waals surface area contributed by atoms with E-state index in [4.69, 9.17) is 10.2 Å². The Labute approximate surface area is 104 Å². The SMILES string of the molecule is Cc1ccc(-c2nnc(CNC(=O)CN)o2)cc1. The number of nitrogens with zero attached hydrogens (tertiary/aromatic N) is 2. The quantitative estimate of drug-likeness (QED) is 0.824. The molecule has 1 heterocycles. The Morgan fingerprint density at radius 1 is 1.33 bits per heavy atom. The van der Waals surface area contributed by atoms with Gasteiger partial charge in [-0.15, -0.1) is 10.2 Å². The summed E-state index contributed by atoms with van der Waals surface area (Å²) in [6.45, 7) is 2.14. The van der Waals surface area contributed by atoms with Gasteiger partial charge >= 0.3 is 0 Å². The minimum absolute atomic E-state index is 0.0566. The summed E-state index contributed by atoms with van der Waals surface area (Å²) < 4.78 is 5.43. The smallest absolute Gasteiger partial charge is 0.247 e. The van der Waals surface area contributed by atoms with Gasteiger partial charge in [-0.05, 0) is 19.1 Å². The van der Waals surface area contributed by atoms with Crippen LogP contribution in [0.2, 0.25) is 0 Å². The van der Waals surface area contributed by atoms with E-state index in [1.807, 2.05) is 31.2 Å². The van der Waals surface area contributed by atoms with E-state index < -0.39 is 0 Å². The second-order valence-corrected chi connectivity index (χ2v) is 3.85. The number of rotatable bonds is 4. The summed E-state index contributed by atoms with van der Waals surface area (Å²) >= 11 is 0. The summed E-state index contributed by atoms with van der Waals surface area (Å²) in [6.07, 6.45) is 0. The second-order valence-electron chi connectivity index (χ2n) is 3.85. The first kappa shape index (κ1) is 12.3. The van der Waals surface area contributed by atoms with E-state index in [1.165, 1.54) is 0 Å². The first-order valence-electron chi connectivity index (χ1n) is 5.55. The third-order valence-electron chi connectivity index (χ3n) is 2.39. The average Bonchev–Trinajstić information content (AvgIpc) is 2.85. The number of hydrogen-bond donors (Lipinski definition) is 2. The van der Waals surface area contributed by atoms with Gasteiger partial charge in [0.25, 0.3) is 0 Å². The van der Waals surface area contributed by atoms with E-state index in [0.29, 0.717) is 11.8 Å². The zero-order valence-electron chi connectivity index (χ0n) is 10.0. The number of aryl methyl sites for hydroxylation is 1. The third kappa shape index (κ3) is 2.92. The summed E-state index contributed by atoms with van der Waals surface area (Å²) in [4.78, 5) is 11.0. The van der Waals surface area contributed by atoms with Gasteiger partial charge in [0.1, 0.15) is 0 Å². The molecule has 0 spiro atoms. The standard InChI is InChI=1S/C12H14N4O2/c1-8-2-4-9(5-3-8)12-16-15-11(18-12)7-14-10(17)6-13/h2-5H,6-7,13H2,1H3,(H,14,17). The van der Waals surface area contributed by atoms with Crippen LogP contribution in [-0.2, 0) is 11.3 Å². The summed E-state index contributed by atoms with van der Waals surface area (Å²) in [5.41, 5.74) is 7.18. The van der Waals surface area contributed by atoms with E-state index in [2.05, 4.69) is 15.5 Å². The van der Waals surface area contributed by atoms with Gasteiger partial charge in [0.2, 0.25) is 17.7 Å². The average molecular weight is 246 g/mol. The zero-order valence-corrected chi connectivity index (χ0v) is 10.0. The van der Waals surface area contributed by atoms with E-state index in [1.54, 1.807) is 0 Å². The number of carbonyl (C=O) groups excluding carboxylic acids is 1. The summed E-state index contributed by atoms with van der Waals surface area (Å²) in [6, 6.07) is 7.75. The molecule has 94 valence electrons. The van der Waals surface area contributed by atoms with E-state index in [9.17, 15) is 4.79 Å². The predicted octanol–water partition coefficient (Wildman–Crippen LogP) is 0.620. The van der Waals surface area contributed by atoms with Gasteiger partial charge in [-0.2, -0.15) is 0 Å². The molecule has 0 unspecified atom stereocenters. The van der Waals surface area contributed by atoms with Gasteiger partial charge in [-0.3, -0.25) is 4.79 Å². The number of carbonyl (C=O) groups is 1. The molecule has 1 aromatic carbocycles. The molecule has 2 aromatic rings. The molecule has 0 saturated heterocycles. The lowest BCUT2D eigenvalue weighted by atomic mass is 10.1. The Kier molecular flexibility index (Phi) is 3.69. The van der Waals surface area contributed by atoms with Gasteiger partial charge in [0, 0.05) is 5.56 Å². The zero-order chi connectivity index (χ0) is 13.0.